The lowest BCUT2D eigenvalue weighted by Gasteiger charge is -2.16. The number of nitrogens with two attached hydrogens (primary N) is 1. The van der Waals surface area contributed by atoms with E-state index >= 15 is 0 Å². The Balaban J connectivity index is 1.83. The molecule has 0 aliphatic carbocycles. The third-order valence-electron chi connectivity index (χ3n) is 3.35. The Morgan fingerprint density at radius 3 is 2.46 bits per heavy atom. The summed E-state index contributed by atoms with van der Waals surface area (Å²) in [5.41, 5.74) is 7.32. The lowest BCUT2D eigenvalue weighted by molar-refractivity contribution is -0.130. The van der Waals surface area contributed by atoms with Crippen molar-refractivity contribution in [1.82, 2.24) is 5.32 Å². The highest BCUT2D eigenvalue weighted by Gasteiger charge is 2.18. The maximum Gasteiger partial charge on any atom is 0.246 e. The average Bonchev–Trinajstić information content (AvgIpc) is 2.55. The van der Waals surface area contributed by atoms with Gasteiger partial charge in [-0.2, -0.15) is 0 Å². The van der Waals surface area contributed by atoms with Crippen LogP contribution in [0.15, 0.2) is 54.6 Å². The van der Waals surface area contributed by atoms with Gasteiger partial charge in [0.2, 0.25) is 11.8 Å². The topological polar surface area (TPSA) is 81.4 Å². The molecule has 126 valence electrons. The van der Waals surface area contributed by atoms with Gasteiger partial charge in [-0.25, -0.2) is 0 Å². The van der Waals surface area contributed by atoms with Gasteiger partial charge in [0.05, 0.1) is 6.61 Å². The second kappa shape index (κ2) is 9.39. The molecule has 0 aliphatic heterocycles. The van der Waals surface area contributed by atoms with Gasteiger partial charge >= 0.3 is 0 Å². The molecule has 0 unspecified atom stereocenters. The third-order valence-corrected chi connectivity index (χ3v) is 4.02. The number of carbonyl (C=O) groups excluding carboxylic acids is 2. The summed E-state index contributed by atoms with van der Waals surface area (Å²) in [6.45, 7) is 0.220. The Kier molecular flexibility index (Phi) is 7.20. The standard InChI is InChI=1S/C18H19IN2O3/c19-15-8-4-7-14(9-15)10-16(18(20)23)21-17(22)12-24-11-13-5-2-1-3-6-13/h1-9,16H,10-12H2,(H2,20,23)(H,21,22)/t16-/m1/s1. The number of hydrogen-bond donors (Lipinski definition) is 2. The molecule has 0 aliphatic rings. The van der Waals surface area contributed by atoms with Gasteiger partial charge < -0.3 is 15.8 Å². The number of rotatable bonds is 8. The molecule has 6 heteroatoms. The van der Waals surface area contributed by atoms with Crippen LogP contribution in [0.1, 0.15) is 11.1 Å². The molecule has 5 nitrogen and oxygen atoms in total. The minimum atomic E-state index is -0.754. The van der Waals surface area contributed by atoms with Gasteiger partial charge in [-0.1, -0.05) is 42.5 Å². The summed E-state index contributed by atoms with van der Waals surface area (Å²) in [6, 6.07) is 16.5. The summed E-state index contributed by atoms with van der Waals surface area (Å²) < 4.78 is 6.43. The number of hydrogen-bond acceptors (Lipinski definition) is 3. The molecular formula is C18H19IN2O3. The summed E-state index contributed by atoms with van der Waals surface area (Å²) in [6.07, 6.45) is 0.358. The molecule has 0 saturated heterocycles. The van der Waals surface area contributed by atoms with Crippen LogP contribution < -0.4 is 11.1 Å². The zero-order valence-electron chi connectivity index (χ0n) is 13.1. The molecule has 24 heavy (non-hydrogen) atoms. The van der Waals surface area contributed by atoms with E-state index < -0.39 is 11.9 Å². The van der Waals surface area contributed by atoms with Gasteiger partial charge in [-0.05, 0) is 45.9 Å². The van der Waals surface area contributed by atoms with E-state index in [9.17, 15) is 9.59 Å². The van der Waals surface area contributed by atoms with Crippen molar-refractivity contribution in [3.63, 3.8) is 0 Å². The molecule has 0 aromatic heterocycles. The highest BCUT2D eigenvalue weighted by atomic mass is 127. The van der Waals surface area contributed by atoms with Crippen LogP contribution in [0.3, 0.4) is 0 Å². The molecule has 0 saturated carbocycles. The fraction of sp³-hybridized carbons (Fsp3) is 0.222. The van der Waals surface area contributed by atoms with E-state index in [0.717, 1.165) is 14.7 Å². The Labute approximate surface area is 154 Å². The van der Waals surface area contributed by atoms with Crippen LogP contribution in [0, 0.1) is 3.57 Å². The zero-order valence-corrected chi connectivity index (χ0v) is 15.2. The Morgan fingerprint density at radius 1 is 1.08 bits per heavy atom. The van der Waals surface area contributed by atoms with Crippen LogP contribution in [0.2, 0.25) is 0 Å². The van der Waals surface area contributed by atoms with E-state index in [0.29, 0.717) is 13.0 Å². The maximum absolute atomic E-state index is 12.0. The summed E-state index contributed by atoms with van der Waals surface area (Å²) in [7, 11) is 0. The molecule has 3 N–H and O–H groups in total. The highest BCUT2D eigenvalue weighted by Crippen LogP contribution is 2.10. The fourth-order valence-corrected chi connectivity index (χ4v) is 2.80. The van der Waals surface area contributed by atoms with Crippen LogP contribution in [0.5, 0.6) is 0 Å². The van der Waals surface area contributed by atoms with Crippen LogP contribution in [-0.4, -0.2) is 24.5 Å². The van der Waals surface area contributed by atoms with Gasteiger partial charge in [-0.3, -0.25) is 9.59 Å². The molecule has 0 spiro atoms. The first kappa shape index (κ1) is 18.4. The molecule has 0 bridgehead atoms. The monoisotopic (exact) mass is 438 g/mol. The molecule has 0 heterocycles. The number of ether oxygens (including phenoxy) is 1. The maximum atomic E-state index is 12.0. The summed E-state index contributed by atoms with van der Waals surface area (Å²) in [4.78, 5) is 23.5. The Morgan fingerprint density at radius 2 is 1.79 bits per heavy atom. The number of primary amides is 1. The minimum Gasteiger partial charge on any atom is -0.368 e. The number of nitrogens with one attached hydrogen (secondary N) is 1. The lowest BCUT2D eigenvalue weighted by atomic mass is 10.1. The minimum absolute atomic E-state index is 0.120. The predicted molar refractivity (Wildman–Crippen MR) is 100 cm³/mol. The summed E-state index contributed by atoms with van der Waals surface area (Å²) >= 11 is 2.20. The van der Waals surface area contributed by atoms with Gasteiger partial charge in [0.25, 0.3) is 0 Å². The number of halogens is 1. The largest absolute Gasteiger partial charge is 0.368 e. The van der Waals surface area contributed by atoms with Crippen molar-refractivity contribution in [3.05, 3.63) is 69.3 Å². The lowest BCUT2D eigenvalue weighted by Crippen LogP contribution is -2.47. The fourth-order valence-electron chi connectivity index (χ4n) is 2.19. The quantitative estimate of drug-likeness (QED) is 0.619. The van der Waals surface area contributed by atoms with E-state index in [1.165, 1.54) is 0 Å². The van der Waals surface area contributed by atoms with Crippen LogP contribution in [0.25, 0.3) is 0 Å². The average molecular weight is 438 g/mol. The van der Waals surface area contributed by atoms with Crippen LogP contribution in [0.4, 0.5) is 0 Å². The molecule has 0 radical (unpaired) electrons. The third kappa shape index (κ3) is 6.29. The van der Waals surface area contributed by atoms with Crippen molar-refractivity contribution in [3.8, 4) is 0 Å². The van der Waals surface area contributed by atoms with Gasteiger partial charge in [0.1, 0.15) is 12.6 Å². The second-order valence-electron chi connectivity index (χ2n) is 5.33. The highest BCUT2D eigenvalue weighted by molar-refractivity contribution is 14.1. The smallest absolute Gasteiger partial charge is 0.246 e. The van der Waals surface area contributed by atoms with E-state index in [1.54, 1.807) is 0 Å². The van der Waals surface area contributed by atoms with Crippen molar-refractivity contribution in [2.45, 2.75) is 19.1 Å². The molecule has 1 atom stereocenters. The Bertz CT molecular complexity index is 692. The summed E-state index contributed by atoms with van der Waals surface area (Å²) in [5, 5.41) is 2.63. The molecule has 2 aromatic carbocycles. The Hall–Kier alpha value is -1.93. The van der Waals surface area contributed by atoms with Crippen molar-refractivity contribution in [2.75, 3.05) is 6.61 Å². The van der Waals surface area contributed by atoms with Crippen LogP contribution in [-0.2, 0) is 27.4 Å². The molecular weight excluding hydrogens is 419 g/mol. The van der Waals surface area contributed by atoms with Crippen molar-refractivity contribution >= 4 is 34.4 Å². The van der Waals surface area contributed by atoms with E-state index in [2.05, 4.69) is 27.9 Å². The van der Waals surface area contributed by atoms with Gasteiger partial charge in [0.15, 0.2) is 0 Å². The summed E-state index contributed by atoms with van der Waals surface area (Å²) in [5.74, 6) is -0.925. The molecule has 2 amide bonds. The van der Waals surface area contributed by atoms with Gasteiger partial charge in [0, 0.05) is 9.99 Å². The van der Waals surface area contributed by atoms with E-state index in [-0.39, 0.29) is 12.5 Å². The van der Waals surface area contributed by atoms with Gasteiger partial charge in [-0.15, -0.1) is 0 Å². The number of amides is 2. The second-order valence-corrected chi connectivity index (χ2v) is 6.58. The first-order valence-electron chi connectivity index (χ1n) is 7.49. The van der Waals surface area contributed by atoms with Crippen LogP contribution >= 0.6 is 22.6 Å². The predicted octanol–water partition coefficient (Wildman–Crippen LogP) is 2.02. The van der Waals surface area contributed by atoms with Crippen molar-refractivity contribution < 1.29 is 14.3 Å². The van der Waals surface area contributed by atoms with E-state index in [4.69, 9.17) is 10.5 Å². The zero-order chi connectivity index (χ0) is 17.4. The molecule has 2 aromatic rings. The van der Waals surface area contributed by atoms with Crippen molar-refractivity contribution in [1.29, 1.82) is 0 Å². The first-order chi connectivity index (χ1) is 11.5. The molecule has 0 fully saturated rings. The number of carbonyl (C=O) groups is 2. The normalized spacial score (nSPS) is 11.7. The first-order valence-corrected chi connectivity index (χ1v) is 8.57. The number of benzene rings is 2. The molecule has 2 rings (SSSR count). The van der Waals surface area contributed by atoms with E-state index in [1.807, 2.05) is 54.6 Å². The van der Waals surface area contributed by atoms with Crippen molar-refractivity contribution in [2.24, 2.45) is 5.73 Å². The SMILES string of the molecule is NC(=O)[C@@H](Cc1cccc(I)c1)NC(=O)COCc1ccccc1.